The van der Waals surface area contributed by atoms with Crippen LogP contribution in [0.15, 0.2) is 65.2 Å². The number of para-hydroxylation sites is 1. The molecular formula is C31H29N3O6S. The normalized spacial score (nSPS) is 17.9. The van der Waals surface area contributed by atoms with Gasteiger partial charge in [-0.1, -0.05) is 18.2 Å². The number of Topliss-reactive ketones (excluding diaryl/α,β-unsaturated/α-hetero) is 1. The highest BCUT2D eigenvalue weighted by Gasteiger charge is 2.43. The highest BCUT2D eigenvalue weighted by atomic mass is 32.1. The van der Waals surface area contributed by atoms with Gasteiger partial charge >= 0.3 is 5.97 Å². The second-order valence-electron chi connectivity index (χ2n) is 10.0. The van der Waals surface area contributed by atoms with Crippen molar-refractivity contribution in [3.05, 3.63) is 92.4 Å². The van der Waals surface area contributed by atoms with Crippen LogP contribution >= 0.6 is 11.3 Å². The van der Waals surface area contributed by atoms with E-state index in [1.165, 1.54) is 0 Å². The second kappa shape index (κ2) is 10.4. The van der Waals surface area contributed by atoms with Crippen LogP contribution < -0.4 is 19.5 Å². The summed E-state index contributed by atoms with van der Waals surface area (Å²) in [6.45, 7) is 1.87. The maximum atomic E-state index is 14.0. The van der Waals surface area contributed by atoms with Crippen LogP contribution in [-0.4, -0.2) is 48.0 Å². The molecule has 0 radical (unpaired) electrons. The maximum absolute atomic E-state index is 14.0. The van der Waals surface area contributed by atoms with E-state index in [2.05, 4.69) is 11.4 Å². The number of nitrogens with one attached hydrogen (secondary N) is 1. The van der Waals surface area contributed by atoms with Crippen molar-refractivity contribution >= 4 is 28.9 Å². The summed E-state index contributed by atoms with van der Waals surface area (Å²) in [5.41, 5.74) is 4.17. The van der Waals surface area contributed by atoms with Crippen molar-refractivity contribution in [2.45, 2.75) is 31.6 Å². The quantitative estimate of drug-likeness (QED) is 0.281. The topological polar surface area (TPSA) is 112 Å². The minimum atomic E-state index is -1.05. The van der Waals surface area contributed by atoms with E-state index in [1.807, 2.05) is 24.4 Å². The van der Waals surface area contributed by atoms with Crippen molar-refractivity contribution in [3.63, 3.8) is 0 Å². The molecule has 2 N–H and O–H groups in total. The Balaban J connectivity index is 1.62. The van der Waals surface area contributed by atoms with Crippen LogP contribution in [0, 0.1) is 6.92 Å². The first-order valence-corrected chi connectivity index (χ1v) is 14.0. The first kappa shape index (κ1) is 26.6. The molecule has 2 aromatic carbocycles. The van der Waals surface area contributed by atoms with Crippen molar-refractivity contribution in [1.29, 1.82) is 0 Å². The van der Waals surface area contributed by atoms with Gasteiger partial charge < -0.3 is 24.6 Å². The Labute approximate surface area is 241 Å². The maximum Gasteiger partial charge on any atom is 0.337 e. The molecule has 41 heavy (non-hydrogen) atoms. The lowest BCUT2D eigenvalue weighted by atomic mass is 9.73. The molecule has 2 aliphatic rings. The molecule has 3 heterocycles. The molecular weight excluding hydrogens is 542 g/mol. The number of aromatic nitrogens is 2. The van der Waals surface area contributed by atoms with E-state index in [1.54, 1.807) is 67.7 Å². The van der Waals surface area contributed by atoms with Crippen LogP contribution in [0.2, 0.25) is 0 Å². The number of aromatic carboxylic acids is 1. The molecule has 0 spiro atoms. The first-order chi connectivity index (χ1) is 19.9. The number of hydrogen-bond acceptors (Lipinski definition) is 8. The molecule has 9 nitrogen and oxygen atoms in total. The van der Waals surface area contributed by atoms with Gasteiger partial charge in [-0.2, -0.15) is 5.10 Å². The molecule has 1 aliphatic carbocycles. The molecule has 0 bridgehead atoms. The van der Waals surface area contributed by atoms with Crippen molar-refractivity contribution < 1.29 is 28.9 Å². The average molecular weight is 572 g/mol. The van der Waals surface area contributed by atoms with Gasteiger partial charge in [0, 0.05) is 51.6 Å². The number of carbonyl (C=O) groups is 2. The number of thiophene rings is 1. The van der Waals surface area contributed by atoms with Crippen LogP contribution in [0.25, 0.3) is 5.69 Å². The molecule has 0 saturated carbocycles. The number of allylic oxidation sites excluding steroid dienone is 2. The molecule has 0 saturated heterocycles. The summed E-state index contributed by atoms with van der Waals surface area (Å²) in [4.78, 5) is 27.4. The van der Waals surface area contributed by atoms with E-state index in [4.69, 9.17) is 19.3 Å². The van der Waals surface area contributed by atoms with E-state index >= 15 is 0 Å². The lowest BCUT2D eigenvalue weighted by Gasteiger charge is -2.36. The number of anilines is 1. The van der Waals surface area contributed by atoms with Gasteiger partial charge in [0.15, 0.2) is 17.3 Å². The highest BCUT2D eigenvalue weighted by molar-refractivity contribution is 7.10. The zero-order chi connectivity index (χ0) is 28.8. The molecule has 10 heteroatoms. The monoisotopic (exact) mass is 571 g/mol. The third-order valence-corrected chi connectivity index (χ3v) is 8.85. The third-order valence-electron chi connectivity index (χ3n) is 7.82. The number of carbonyl (C=O) groups excluding carboxylic acids is 1. The van der Waals surface area contributed by atoms with Gasteiger partial charge in [0.05, 0.1) is 38.3 Å². The number of hydrogen-bond donors (Lipinski definition) is 2. The Morgan fingerprint density at radius 3 is 2.44 bits per heavy atom. The first-order valence-electron chi connectivity index (χ1n) is 13.1. The number of ether oxygens (including phenoxy) is 3. The van der Waals surface area contributed by atoms with Crippen LogP contribution in [-0.2, 0) is 4.79 Å². The van der Waals surface area contributed by atoms with Gasteiger partial charge in [-0.25, -0.2) is 9.48 Å². The van der Waals surface area contributed by atoms with E-state index < -0.39 is 11.9 Å². The number of carboxylic acid groups (broad SMARTS) is 1. The number of nitrogens with zero attached hydrogens (tertiary/aromatic N) is 2. The van der Waals surface area contributed by atoms with Crippen molar-refractivity contribution in [1.82, 2.24) is 9.78 Å². The Kier molecular flexibility index (Phi) is 6.78. The lowest BCUT2D eigenvalue weighted by Crippen LogP contribution is -2.30. The Morgan fingerprint density at radius 2 is 1.76 bits per heavy atom. The third kappa shape index (κ3) is 4.35. The number of aryl methyl sites for hydroxylation is 1. The fraction of sp³-hybridized carbons (Fsp3) is 0.258. The molecule has 6 rings (SSSR count). The molecule has 4 aromatic rings. The molecule has 2 atom stereocenters. The number of carboxylic acids is 1. The SMILES string of the molecule is COc1cc(OC)c([C@@H]2C3=C(C[C@H](c4cccs4)CC3=O)Nc3c2c(C)nn3-c2ccccc2C(=O)O)cc1OC. The van der Waals surface area contributed by atoms with E-state index in [0.29, 0.717) is 52.9 Å². The number of ketones is 1. The molecule has 0 amide bonds. The Bertz CT molecular complexity index is 1700. The minimum absolute atomic E-state index is 0.0343. The number of rotatable bonds is 7. The minimum Gasteiger partial charge on any atom is -0.496 e. The molecule has 0 unspecified atom stereocenters. The smallest absolute Gasteiger partial charge is 0.337 e. The second-order valence-corrected chi connectivity index (χ2v) is 11.0. The molecule has 210 valence electrons. The van der Waals surface area contributed by atoms with Gasteiger partial charge in [-0.05, 0) is 43.0 Å². The van der Waals surface area contributed by atoms with Gasteiger partial charge in [0.1, 0.15) is 11.6 Å². The zero-order valence-electron chi connectivity index (χ0n) is 23.1. The van der Waals surface area contributed by atoms with Gasteiger partial charge in [-0.15, -0.1) is 11.3 Å². The Hall–Kier alpha value is -4.57. The predicted octanol–water partition coefficient (Wildman–Crippen LogP) is 5.92. The summed E-state index contributed by atoms with van der Waals surface area (Å²) >= 11 is 1.64. The van der Waals surface area contributed by atoms with Crippen LogP contribution in [0.3, 0.4) is 0 Å². The van der Waals surface area contributed by atoms with Crippen LogP contribution in [0.5, 0.6) is 17.2 Å². The standard InChI is InChI=1S/C31H29N3O6S/c1-16-27-28(19-14-24(39-3)25(40-4)15-23(19)38-2)29-20(12-17(13-22(29)35)26-10-7-11-41-26)32-30(27)34(33-16)21-9-6-5-8-18(21)31(36)37/h5-11,14-15,17,28,32H,12-13H2,1-4H3,(H,36,37)/t17-,28-/m0/s1. The summed E-state index contributed by atoms with van der Waals surface area (Å²) in [6, 6.07) is 14.4. The van der Waals surface area contributed by atoms with Crippen LogP contribution in [0.4, 0.5) is 5.82 Å². The number of fused-ring (bicyclic) bond motifs is 1. The largest absolute Gasteiger partial charge is 0.496 e. The van der Waals surface area contributed by atoms with Crippen LogP contribution in [0.1, 0.15) is 56.7 Å². The summed E-state index contributed by atoms with van der Waals surface area (Å²) in [6.07, 6.45) is 1.01. The van der Waals surface area contributed by atoms with Gasteiger partial charge in [0.25, 0.3) is 0 Å². The number of methoxy groups -OCH3 is 3. The highest BCUT2D eigenvalue weighted by Crippen LogP contribution is 2.53. The summed E-state index contributed by atoms with van der Waals surface area (Å²) in [7, 11) is 4.71. The molecule has 1 aliphatic heterocycles. The summed E-state index contributed by atoms with van der Waals surface area (Å²) in [5, 5.41) is 20.3. The van der Waals surface area contributed by atoms with E-state index in [-0.39, 0.29) is 17.3 Å². The van der Waals surface area contributed by atoms with Crippen molar-refractivity contribution in [3.8, 4) is 22.9 Å². The zero-order valence-corrected chi connectivity index (χ0v) is 23.9. The molecule has 0 fully saturated rings. The fourth-order valence-electron chi connectivity index (χ4n) is 6.00. The Morgan fingerprint density at radius 1 is 1.02 bits per heavy atom. The van der Waals surface area contributed by atoms with Gasteiger partial charge in [-0.3, -0.25) is 4.79 Å². The van der Waals surface area contributed by atoms with Gasteiger partial charge in [0.2, 0.25) is 0 Å². The summed E-state index contributed by atoms with van der Waals surface area (Å²) in [5.74, 6) is 0.670. The number of benzene rings is 2. The summed E-state index contributed by atoms with van der Waals surface area (Å²) < 4.78 is 18.7. The van der Waals surface area contributed by atoms with Crippen molar-refractivity contribution in [2.24, 2.45) is 0 Å². The van der Waals surface area contributed by atoms with Crippen molar-refractivity contribution in [2.75, 3.05) is 26.6 Å². The lowest BCUT2D eigenvalue weighted by molar-refractivity contribution is -0.116. The predicted molar refractivity (Wildman–Crippen MR) is 155 cm³/mol. The van der Waals surface area contributed by atoms with E-state index in [9.17, 15) is 14.7 Å². The fourth-order valence-corrected chi connectivity index (χ4v) is 6.83. The molecule has 2 aromatic heterocycles. The average Bonchev–Trinajstić information content (AvgIpc) is 3.64. The van der Waals surface area contributed by atoms with E-state index in [0.717, 1.165) is 21.7 Å².